The molecule has 0 spiro atoms. The highest BCUT2D eigenvalue weighted by molar-refractivity contribution is 5.86. The highest BCUT2D eigenvalue weighted by Crippen LogP contribution is 2.50. The number of fused-ring (bicyclic) bond motifs is 3. The van der Waals surface area contributed by atoms with E-state index in [9.17, 15) is 0 Å². The first kappa shape index (κ1) is 21.4. The molecule has 0 fully saturated rings. The molecule has 1 aliphatic rings. The Balaban J connectivity index is 1.51. The number of benzene rings is 5. The van der Waals surface area contributed by atoms with E-state index < -0.39 is 0 Å². The minimum Gasteiger partial charge on any atom is -0.310 e. The predicted octanol–water partition coefficient (Wildman–Crippen LogP) is 9.44. The molecule has 6 rings (SSSR count). The van der Waals surface area contributed by atoms with Crippen molar-refractivity contribution < 1.29 is 0 Å². The number of hydrogen-bond acceptors (Lipinski definition) is 1. The predicted molar refractivity (Wildman–Crippen MR) is 149 cm³/mol. The van der Waals surface area contributed by atoms with Gasteiger partial charge in [0.15, 0.2) is 0 Å². The zero-order valence-electron chi connectivity index (χ0n) is 20.5. The number of rotatable bonds is 4. The summed E-state index contributed by atoms with van der Waals surface area (Å²) in [6.07, 6.45) is 0. The lowest BCUT2D eigenvalue weighted by Gasteiger charge is -2.28. The fraction of sp³-hybridized carbons (Fsp3) is 0.118. The maximum atomic E-state index is 2.39. The van der Waals surface area contributed by atoms with Crippen molar-refractivity contribution in [2.75, 3.05) is 4.90 Å². The van der Waals surface area contributed by atoms with Crippen LogP contribution in [0.15, 0.2) is 121 Å². The molecule has 170 valence electrons. The zero-order valence-corrected chi connectivity index (χ0v) is 20.5. The third kappa shape index (κ3) is 3.65. The molecule has 1 aliphatic carbocycles. The number of nitrogens with zero attached hydrogens (tertiary/aromatic N) is 1. The van der Waals surface area contributed by atoms with Crippen LogP contribution in [0.4, 0.5) is 17.1 Å². The second-order valence-corrected chi connectivity index (χ2v) is 9.99. The van der Waals surface area contributed by atoms with Gasteiger partial charge in [-0.1, -0.05) is 104 Å². The van der Waals surface area contributed by atoms with Crippen molar-refractivity contribution >= 4 is 17.1 Å². The highest BCUT2D eigenvalue weighted by Gasteiger charge is 2.35. The SMILES string of the molecule is Cc1cccc(-c2cccc(N(c3ccccc3)c3ccc4c(c3)C(C)(C)c3ccccc3-4)c2)c1. The van der Waals surface area contributed by atoms with Crippen molar-refractivity contribution in [2.45, 2.75) is 26.2 Å². The summed E-state index contributed by atoms with van der Waals surface area (Å²) in [7, 11) is 0. The lowest BCUT2D eigenvalue weighted by molar-refractivity contribution is 0.660. The third-order valence-corrected chi connectivity index (χ3v) is 7.30. The Hall–Kier alpha value is -4.10. The molecule has 0 amide bonds. The van der Waals surface area contributed by atoms with E-state index in [1.807, 2.05) is 0 Å². The van der Waals surface area contributed by atoms with Crippen LogP contribution in [0.5, 0.6) is 0 Å². The highest BCUT2D eigenvalue weighted by atomic mass is 15.1. The van der Waals surface area contributed by atoms with Crippen LogP contribution < -0.4 is 4.90 Å². The van der Waals surface area contributed by atoms with Gasteiger partial charge in [-0.2, -0.15) is 0 Å². The van der Waals surface area contributed by atoms with Crippen molar-refractivity contribution in [1.29, 1.82) is 0 Å². The number of hydrogen-bond donors (Lipinski definition) is 0. The monoisotopic (exact) mass is 451 g/mol. The van der Waals surface area contributed by atoms with E-state index in [0.717, 1.165) is 11.4 Å². The molecule has 0 aromatic heterocycles. The molecule has 35 heavy (non-hydrogen) atoms. The first-order chi connectivity index (χ1) is 17.0. The molecule has 1 heteroatoms. The lowest BCUT2D eigenvalue weighted by atomic mass is 9.82. The first-order valence-corrected chi connectivity index (χ1v) is 12.3. The summed E-state index contributed by atoms with van der Waals surface area (Å²) in [4.78, 5) is 2.37. The van der Waals surface area contributed by atoms with Gasteiger partial charge in [-0.3, -0.25) is 0 Å². The van der Waals surface area contributed by atoms with Gasteiger partial charge in [-0.15, -0.1) is 0 Å². The average molecular weight is 452 g/mol. The van der Waals surface area contributed by atoms with Gasteiger partial charge in [0.25, 0.3) is 0 Å². The summed E-state index contributed by atoms with van der Waals surface area (Å²) in [5.41, 5.74) is 12.7. The van der Waals surface area contributed by atoms with Crippen LogP contribution in [0.2, 0.25) is 0 Å². The standard InChI is InChI=1S/C34H29N/c1-24-11-9-12-25(21-24)26-13-10-16-28(22-26)35(27-14-5-4-6-15-27)29-19-20-31-30-17-7-8-18-32(30)34(2,3)33(31)23-29/h4-23H,1-3H3. The van der Waals surface area contributed by atoms with E-state index in [2.05, 4.69) is 147 Å². The van der Waals surface area contributed by atoms with Gasteiger partial charge in [-0.05, 0) is 76.7 Å². The maximum Gasteiger partial charge on any atom is 0.0467 e. The minimum atomic E-state index is -0.0340. The van der Waals surface area contributed by atoms with Crippen LogP contribution in [0, 0.1) is 6.92 Å². The van der Waals surface area contributed by atoms with E-state index in [0.29, 0.717) is 0 Å². The molecule has 0 saturated heterocycles. The van der Waals surface area contributed by atoms with Crippen LogP contribution >= 0.6 is 0 Å². The van der Waals surface area contributed by atoms with Crippen molar-refractivity contribution in [2.24, 2.45) is 0 Å². The van der Waals surface area contributed by atoms with Crippen molar-refractivity contribution in [3.05, 3.63) is 138 Å². The van der Waals surface area contributed by atoms with E-state index >= 15 is 0 Å². The first-order valence-electron chi connectivity index (χ1n) is 12.3. The summed E-state index contributed by atoms with van der Waals surface area (Å²) in [6.45, 7) is 6.83. The molecule has 0 unspecified atom stereocenters. The Morgan fingerprint density at radius 1 is 0.486 bits per heavy atom. The van der Waals surface area contributed by atoms with Gasteiger partial charge in [0, 0.05) is 22.5 Å². The smallest absolute Gasteiger partial charge is 0.0467 e. The molecule has 0 atom stereocenters. The summed E-state index contributed by atoms with van der Waals surface area (Å²) in [5.74, 6) is 0. The van der Waals surface area contributed by atoms with Gasteiger partial charge >= 0.3 is 0 Å². The maximum absolute atomic E-state index is 2.39. The summed E-state index contributed by atoms with van der Waals surface area (Å²) < 4.78 is 0. The Bertz CT molecular complexity index is 1530. The Kier molecular flexibility index (Phi) is 5.07. The molecule has 0 N–H and O–H groups in total. The number of aryl methyl sites for hydroxylation is 1. The minimum absolute atomic E-state index is 0.0340. The topological polar surface area (TPSA) is 3.24 Å². The third-order valence-electron chi connectivity index (χ3n) is 7.30. The molecule has 0 aliphatic heterocycles. The van der Waals surface area contributed by atoms with E-state index in [4.69, 9.17) is 0 Å². The van der Waals surface area contributed by atoms with Crippen LogP contribution in [0.3, 0.4) is 0 Å². The van der Waals surface area contributed by atoms with Gasteiger partial charge < -0.3 is 4.90 Å². The molecule has 1 nitrogen and oxygen atoms in total. The lowest BCUT2D eigenvalue weighted by Crippen LogP contribution is -2.16. The fourth-order valence-electron chi connectivity index (χ4n) is 5.50. The van der Waals surface area contributed by atoms with Crippen molar-refractivity contribution in [3.63, 3.8) is 0 Å². The quantitative estimate of drug-likeness (QED) is 0.263. The zero-order chi connectivity index (χ0) is 24.0. The fourth-order valence-corrected chi connectivity index (χ4v) is 5.50. The van der Waals surface area contributed by atoms with Crippen LogP contribution in [-0.4, -0.2) is 0 Å². The second kappa shape index (κ2) is 8.29. The Morgan fingerprint density at radius 3 is 1.91 bits per heavy atom. The van der Waals surface area contributed by atoms with Crippen molar-refractivity contribution in [3.8, 4) is 22.3 Å². The molecule has 0 bridgehead atoms. The van der Waals surface area contributed by atoms with Crippen molar-refractivity contribution in [1.82, 2.24) is 0 Å². The summed E-state index contributed by atoms with van der Waals surface area (Å²) in [6, 6.07) is 44.0. The molecular formula is C34H29N. The number of para-hydroxylation sites is 1. The summed E-state index contributed by atoms with van der Waals surface area (Å²) in [5, 5.41) is 0. The molecular weight excluding hydrogens is 422 g/mol. The van der Waals surface area contributed by atoms with Gasteiger partial charge in [0.2, 0.25) is 0 Å². The average Bonchev–Trinajstić information content (AvgIpc) is 3.12. The van der Waals surface area contributed by atoms with E-state index in [1.165, 1.54) is 44.6 Å². The van der Waals surface area contributed by atoms with E-state index in [1.54, 1.807) is 0 Å². The molecule has 0 saturated carbocycles. The normalized spacial score (nSPS) is 13.2. The van der Waals surface area contributed by atoms with Gasteiger partial charge in [0.1, 0.15) is 0 Å². The second-order valence-electron chi connectivity index (χ2n) is 9.99. The Morgan fingerprint density at radius 2 is 1.11 bits per heavy atom. The molecule has 0 radical (unpaired) electrons. The van der Waals surface area contributed by atoms with Gasteiger partial charge in [-0.25, -0.2) is 0 Å². The Labute approximate surface area is 208 Å². The van der Waals surface area contributed by atoms with Crippen LogP contribution in [0.1, 0.15) is 30.5 Å². The number of anilines is 3. The summed E-state index contributed by atoms with van der Waals surface area (Å²) >= 11 is 0. The van der Waals surface area contributed by atoms with E-state index in [-0.39, 0.29) is 5.41 Å². The molecule has 5 aromatic carbocycles. The van der Waals surface area contributed by atoms with Crippen LogP contribution in [0.25, 0.3) is 22.3 Å². The molecule has 5 aromatic rings. The largest absolute Gasteiger partial charge is 0.310 e. The molecule has 0 heterocycles. The van der Waals surface area contributed by atoms with Gasteiger partial charge in [0.05, 0.1) is 0 Å². The van der Waals surface area contributed by atoms with Crippen LogP contribution in [-0.2, 0) is 5.41 Å².